The number of sulfonamides is 1. The first kappa shape index (κ1) is 18.4. The normalized spacial score (nSPS) is 17.0. The van der Waals surface area contributed by atoms with Crippen LogP contribution in [0.15, 0.2) is 47.4 Å². The Hall–Kier alpha value is -2.41. The van der Waals surface area contributed by atoms with Gasteiger partial charge in [0.1, 0.15) is 0 Å². The van der Waals surface area contributed by atoms with Gasteiger partial charge < -0.3 is 14.4 Å². The van der Waals surface area contributed by atoms with Crippen LogP contribution in [0.3, 0.4) is 0 Å². The summed E-state index contributed by atoms with van der Waals surface area (Å²) in [6.07, 6.45) is 0. The molecule has 26 heavy (non-hydrogen) atoms. The molecule has 2 aromatic rings. The average molecular weight is 376 g/mol. The summed E-state index contributed by atoms with van der Waals surface area (Å²) >= 11 is 0. The zero-order chi connectivity index (χ0) is 18.9. The SMILES string of the molecule is CCN1c2ccccc2N(S(=O)(=O)c2ccc(OC)c(OC)c2)CC1C. The number of likely N-dealkylation sites (N-methyl/N-ethyl adjacent to an activating group) is 1. The molecule has 6 nitrogen and oxygen atoms in total. The summed E-state index contributed by atoms with van der Waals surface area (Å²) in [5.41, 5.74) is 1.63. The van der Waals surface area contributed by atoms with Crippen LogP contribution in [0.1, 0.15) is 13.8 Å². The quantitative estimate of drug-likeness (QED) is 0.802. The van der Waals surface area contributed by atoms with Crippen molar-refractivity contribution in [2.45, 2.75) is 24.8 Å². The fourth-order valence-corrected chi connectivity index (χ4v) is 4.98. The Balaban J connectivity index is 2.10. The lowest BCUT2D eigenvalue weighted by atomic mass is 10.1. The summed E-state index contributed by atoms with van der Waals surface area (Å²) in [7, 11) is -0.713. The van der Waals surface area contributed by atoms with Crippen molar-refractivity contribution in [3.63, 3.8) is 0 Å². The Bertz CT molecular complexity index is 898. The van der Waals surface area contributed by atoms with Gasteiger partial charge in [-0.05, 0) is 38.1 Å². The standard InChI is InChI=1S/C19H24N2O4S/c1-5-20-14(2)13-21(17-9-7-6-8-16(17)20)26(22,23)15-10-11-18(24-3)19(12-15)25-4/h6-12,14H,5,13H2,1-4H3. The first-order chi connectivity index (χ1) is 12.4. The monoisotopic (exact) mass is 376 g/mol. The number of benzene rings is 2. The zero-order valence-electron chi connectivity index (χ0n) is 15.5. The van der Waals surface area contributed by atoms with Gasteiger partial charge in [-0.1, -0.05) is 12.1 Å². The van der Waals surface area contributed by atoms with Crippen LogP contribution < -0.4 is 18.7 Å². The fraction of sp³-hybridized carbons (Fsp3) is 0.368. The Morgan fingerprint density at radius 1 is 1.04 bits per heavy atom. The maximum absolute atomic E-state index is 13.4. The smallest absolute Gasteiger partial charge is 0.264 e. The van der Waals surface area contributed by atoms with Gasteiger partial charge in [-0.15, -0.1) is 0 Å². The Kier molecular flexibility index (Phi) is 5.00. The molecule has 1 heterocycles. The lowest BCUT2D eigenvalue weighted by Crippen LogP contribution is -2.49. The predicted octanol–water partition coefficient (Wildman–Crippen LogP) is 3.13. The minimum atomic E-state index is -3.73. The lowest BCUT2D eigenvalue weighted by molar-refractivity contribution is 0.354. The number of methoxy groups -OCH3 is 2. The van der Waals surface area contributed by atoms with Crippen molar-refractivity contribution >= 4 is 21.4 Å². The molecule has 0 fully saturated rings. The van der Waals surface area contributed by atoms with E-state index in [-0.39, 0.29) is 10.9 Å². The first-order valence-electron chi connectivity index (χ1n) is 8.54. The number of hydrogen-bond donors (Lipinski definition) is 0. The second-order valence-corrected chi connectivity index (χ2v) is 8.04. The van der Waals surface area contributed by atoms with Crippen LogP contribution in [0.4, 0.5) is 11.4 Å². The minimum absolute atomic E-state index is 0.0739. The van der Waals surface area contributed by atoms with E-state index < -0.39 is 10.0 Å². The van der Waals surface area contributed by atoms with E-state index in [2.05, 4.69) is 11.8 Å². The van der Waals surface area contributed by atoms with Gasteiger partial charge in [-0.2, -0.15) is 0 Å². The first-order valence-corrected chi connectivity index (χ1v) is 9.98. The van der Waals surface area contributed by atoms with Gasteiger partial charge in [0.25, 0.3) is 10.0 Å². The Morgan fingerprint density at radius 3 is 2.31 bits per heavy atom. The van der Waals surface area contributed by atoms with Crippen LogP contribution in [0.25, 0.3) is 0 Å². The number of hydrogen-bond acceptors (Lipinski definition) is 5. The van der Waals surface area contributed by atoms with Crippen molar-refractivity contribution < 1.29 is 17.9 Å². The molecule has 3 rings (SSSR count). The lowest BCUT2D eigenvalue weighted by Gasteiger charge is -2.42. The molecule has 1 aliphatic rings. The molecule has 0 bridgehead atoms. The van der Waals surface area contributed by atoms with E-state index in [1.165, 1.54) is 24.6 Å². The van der Waals surface area contributed by atoms with E-state index in [9.17, 15) is 8.42 Å². The number of ether oxygens (including phenoxy) is 2. The van der Waals surface area contributed by atoms with E-state index in [4.69, 9.17) is 9.47 Å². The van der Waals surface area contributed by atoms with Gasteiger partial charge in [0.2, 0.25) is 0 Å². The molecular formula is C19H24N2O4S. The molecule has 0 aromatic heterocycles. The fourth-order valence-electron chi connectivity index (χ4n) is 3.41. The third-order valence-electron chi connectivity index (χ3n) is 4.71. The highest BCUT2D eigenvalue weighted by Gasteiger charge is 2.35. The number of nitrogens with zero attached hydrogens (tertiary/aromatic N) is 2. The van der Waals surface area contributed by atoms with Gasteiger partial charge in [-0.25, -0.2) is 8.42 Å². The molecule has 2 aromatic carbocycles. The van der Waals surface area contributed by atoms with E-state index in [1.807, 2.05) is 31.2 Å². The van der Waals surface area contributed by atoms with Crippen LogP contribution in [0.5, 0.6) is 11.5 Å². The highest BCUT2D eigenvalue weighted by Crippen LogP contribution is 2.39. The van der Waals surface area contributed by atoms with Crippen LogP contribution in [-0.2, 0) is 10.0 Å². The summed E-state index contributed by atoms with van der Waals surface area (Å²) in [5.74, 6) is 0.887. The van der Waals surface area contributed by atoms with Gasteiger partial charge in [0, 0.05) is 18.7 Å². The molecule has 0 saturated heterocycles. The zero-order valence-corrected chi connectivity index (χ0v) is 16.3. The van der Waals surface area contributed by atoms with Gasteiger partial charge >= 0.3 is 0 Å². The van der Waals surface area contributed by atoms with E-state index in [0.29, 0.717) is 23.7 Å². The summed E-state index contributed by atoms with van der Waals surface area (Å²) in [5, 5.41) is 0. The summed E-state index contributed by atoms with van der Waals surface area (Å²) in [6.45, 7) is 5.33. The molecule has 1 aliphatic heterocycles. The highest BCUT2D eigenvalue weighted by molar-refractivity contribution is 7.92. The second-order valence-electron chi connectivity index (χ2n) is 6.18. The van der Waals surface area contributed by atoms with Gasteiger partial charge in [-0.3, -0.25) is 4.31 Å². The van der Waals surface area contributed by atoms with Gasteiger partial charge in [0.15, 0.2) is 11.5 Å². The topological polar surface area (TPSA) is 59.1 Å². The van der Waals surface area contributed by atoms with Crippen molar-refractivity contribution in [2.75, 3.05) is 36.5 Å². The molecule has 0 spiro atoms. The largest absolute Gasteiger partial charge is 0.493 e. The molecule has 0 N–H and O–H groups in total. The number of para-hydroxylation sites is 2. The van der Waals surface area contributed by atoms with Gasteiger partial charge in [0.05, 0.1) is 37.0 Å². The van der Waals surface area contributed by atoms with Crippen molar-refractivity contribution in [2.24, 2.45) is 0 Å². The molecule has 140 valence electrons. The summed E-state index contributed by atoms with van der Waals surface area (Å²) in [6, 6.07) is 12.4. The highest BCUT2D eigenvalue weighted by atomic mass is 32.2. The second kappa shape index (κ2) is 7.07. The molecule has 1 unspecified atom stereocenters. The Labute approximate surface area is 155 Å². The third kappa shape index (κ3) is 2.96. The Morgan fingerprint density at radius 2 is 1.69 bits per heavy atom. The predicted molar refractivity (Wildman–Crippen MR) is 103 cm³/mol. The molecule has 1 atom stereocenters. The summed E-state index contributed by atoms with van der Waals surface area (Å²) < 4.78 is 38.7. The number of anilines is 2. The van der Waals surface area contributed by atoms with Crippen molar-refractivity contribution in [1.82, 2.24) is 0 Å². The molecule has 0 amide bonds. The maximum atomic E-state index is 13.4. The van der Waals surface area contributed by atoms with Crippen molar-refractivity contribution in [1.29, 1.82) is 0 Å². The van der Waals surface area contributed by atoms with Crippen LogP contribution >= 0.6 is 0 Å². The summed E-state index contributed by atoms with van der Waals surface area (Å²) in [4.78, 5) is 2.40. The average Bonchev–Trinajstić information content (AvgIpc) is 2.66. The van der Waals surface area contributed by atoms with Crippen LogP contribution in [-0.4, -0.2) is 41.8 Å². The molecule has 0 aliphatic carbocycles. The number of fused-ring (bicyclic) bond motifs is 1. The van der Waals surface area contributed by atoms with E-state index in [1.54, 1.807) is 12.1 Å². The maximum Gasteiger partial charge on any atom is 0.264 e. The molecule has 0 radical (unpaired) electrons. The molecule has 0 saturated carbocycles. The van der Waals surface area contributed by atoms with Crippen LogP contribution in [0.2, 0.25) is 0 Å². The number of rotatable bonds is 5. The third-order valence-corrected chi connectivity index (χ3v) is 6.48. The molecular weight excluding hydrogens is 352 g/mol. The van der Waals surface area contributed by atoms with E-state index in [0.717, 1.165) is 12.2 Å². The van der Waals surface area contributed by atoms with Crippen molar-refractivity contribution in [3.05, 3.63) is 42.5 Å². The van der Waals surface area contributed by atoms with Crippen LogP contribution in [0, 0.1) is 0 Å². The minimum Gasteiger partial charge on any atom is -0.493 e. The van der Waals surface area contributed by atoms with E-state index >= 15 is 0 Å². The van der Waals surface area contributed by atoms with Crippen molar-refractivity contribution in [3.8, 4) is 11.5 Å². The molecule has 7 heteroatoms.